The van der Waals surface area contributed by atoms with Crippen molar-refractivity contribution >= 4 is 5.82 Å². The minimum atomic E-state index is 0.225. The first-order valence-corrected chi connectivity index (χ1v) is 6.52. The number of hydrogen-bond acceptors (Lipinski definition) is 3. The quantitative estimate of drug-likeness (QED) is 0.824. The maximum Gasteiger partial charge on any atom is 0.131 e. The highest BCUT2D eigenvalue weighted by Gasteiger charge is 2.14. The highest BCUT2D eigenvalue weighted by atomic mass is 15.2. The fraction of sp³-hybridized carbons (Fsp3) is 0.643. The van der Waals surface area contributed by atoms with Crippen molar-refractivity contribution in [1.82, 2.24) is 4.98 Å². The molecule has 2 atom stereocenters. The third kappa shape index (κ3) is 3.70. The van der Waals surface area contributed by atoms with Crippen molar-refractivity contribution in [2.45, 2.75) is 52.1 Å². The molecule has 17 heavy (non-hydrogen) atoms. The van der Waals surface area contributed by atoms with E-state index in [1.165, 1.54) is 5.56 Å². The van der Waals surface area contributed by atoms with Crippen LogP contribution in [0.15, 0.2) is 18.3 Å². The van der Waals surface area contributed by atoms with Gasteiger partial charge < -0.3 is 10.6 Å². The summed E-state index contributed by atoms with van der Waals surface area (Å²) in [7, 11) is 2.11. The van der Waals surface area contributed by atoms with E-state index < -0.39 is 0 Å². The maximum atomic E-state index is 6.04. The Morgan fingerprint density at radius 1 is 1.35 bits per heavy atom. The molecule has 0 saturated heterocycles. The Morgan fingerprint density at radius 2 is 2.06 bits per heavy atom. The van der Waals surface area contributed by atoms with E-state index >= 15 is 0 Å². The van der Waals surface area contributed by atoms with Crippen LogP contribution < -0.4 is 10.6 Å². The summed E-state index contributed by atoms with van der Waals surface area (Å²) >= 11 is 0. The van der Waals surface area contributed by atoms with E-state index in [0.29, 0.717) is 6.04 Å². The molecule has 2 N–H and O–H groups in total. The van der Waals surface area contributed by atoms with Crippen LogP contribution in [0.1, 0.15) is 39.2 Å². The minimum Gasteiger partial charge on any atom is -0.357 e. The summed E-state index contributed by atoms with van der Waals surface area (Å²) in [6, 6.07) is 4.85. The lowest BCUT2D eigenvalue weighted by molar-refractivity contribution is 0.628. The molecule has 96 valence electrons. The fourth-order valence-electron chi connectivity index (χ4n) is 1.82. The van der Waals surface area contributed by atoms with Gasteiger partial charge in [-0.15, -0.1) is 0 Å². The third-order valence-electron chi connectivity index (χ3n) is 3.46. The van der Waals surface area contributed by atoms with Crippen molar-refractivity contribution in [3.8, 4) is 0 Å². The van der Waals surface area contributed by atoms with Gasteiger partial charge in [0.05, 0.1) is 0 Å². The normalized spacial score (nSPS) is 14.4. The average Bonchev–Trinajstić information content (AvgIpc) is 2.37. The van der Waals surface area contributed by atoms with Crippen molar-refractivity contribution in [3.63, 3.8) is 0 Å². The largest absolute Gasteiger partial charge is 0.357 e. The van der Waals surface area contributed by atoms with Crippen LogP contribution in [-0.4, -0.2) is 24.1 Å². The zero-order valence-electron chi connectivity index (χ0n) is 11.5. The molecule has 0 fully saturated rings. The van der Waals surface area contributed by atoms with Crippen LogP contribution in [0.25, 0.3) is 0 Å². The molecule has 0 aromatic carbocycles. The highest BCUT2D eigenvalue weighted by Crippen LogP contribution is 2.20. The molecule has 0 amide bonds. The molecule has 1 heterocycles. The molecule has 0 saturated carbocycles. The molecule has 1 rings (SSSR count). The molecule has 0 radical (unpaired) electrons. The first kappa shape index (κ1) is 14.0. The van der Waals surface area contributed by atoms with E-state index in [1.807, 2.05) is 12.3 Å². The van der Waals surface area contributed by atoms with Gasteiger partial charge in [0, 0.05) is 25.3 Å². The number of pyridine rings is 1. The summed E-state index contributed by atoms with van der Waals surface area (Å²) in [5, 5.41) is 0. The van der Waals surface area contributed by atoms with Crippen LogP contribution in [0.2, 0.25) is 0 Å². The van der Waals surface area contributed by atoms with Gasteiger partial charge in [0.1, 0.15) is 5.82 Å². The Morgan fingerprint density at radius 3 is 2.65 bits per heavy atom. The standard InChI is InChI=1S/C14H25N3/c1-5-11(3)17(4)14-12(8-7-9-16-14)10-13(15)6-2/h7-9,11,13H,5-6,10,15H2,1-4H3. The number of nitrogens with two attached hydrogens (primary N) is 1. The van der Waals surface area contributed by atoms with Crippen LogP contribution in [0.5, 0.6) is 0 Å². The van der Waals surface area contributed by atoms with Gasteiger partial charge in [-0.25, -0.2) is 4.98 Å². The van der Waals surface area contributed by atoms with E-state index in [9.17, 15) is 0 Å². The van der Waals surface area contributed by atoms with Crippen molar-refractivity contribution in [2.75, 3.05) is 11.9 Å². The summed E-state index contributed by atoms with van der Waals surface area (Å²) < 4.78 is 0. The van der Waals surface area contributed by atoms with Gasteiger partial charge in [-0.3, -0.25) is 0 Å². The molecule has 0 aliphatic heterocycles. The van der Waals surface area contributed by atoms with Crippen LogP contribution >= 0.6 is 0 Å². The lowest BCUT2D eigenvalue weighted by Crippen LogP contribution is -2.31. The Bertz CT molecular complexity index is 338. The Kier molecular flexibility index (Phi) is 5.42. The lowest BCUT2D eigenvalue weighted by Gasteiger charge is -2.27. The Labute approximate surface area is 105 Å². The highest BCUT2D eigenvalue weighted by molar-refractivity contribution is 5.47. The van der Waals surface area contributed by atoms with Crippen LogP contribution in [0.3, 0.4) is 0 Å². The molecule has 1 aromatic rings. The van der Waals surface area contributed by atoms with Crippen molar-refractivity contribution in [1.29, 1.82) is 0 Å². The fourth-order valence-corrected chi connectivity index (χ4v) is 1.82. The number of hydrogen-bond donors (Lipinski definition) is 1. The number of rotatable bonds is 6. The summed E-state index contributed by atoms with van der Waals surface area (Å²) in [6.07, 6.45) is 4.88. The molecule has 0 spiro atoms. The van der Waals surface area contributed by atoms with Gasteiger partial charge in [0.2, 0.25) is 0 Å². The molecule has 0 bridgehead atoms. The second-order valence-electron chi connectivity index (χ2n) is 4.73. The van der Waals surface area contributed by atoms with Gasteiger partial charge >= 0.3 is 0 Å². The summed E-state index contributed by atoms with van der Waals surface area (Å²) in [5.41, 5.74) is 7.29. The molecular weight excluding hydrogens is 210 g/mol. The molecule has 0 aliphatic rings. The van der Waals surface area contributed by atoms with Gasteiger partial charge in [0.25, 0.3) is 0 Å². The second-order valence-corrected chi connectivity index (χ2v) is 4.73. The van der Waals surface area contributed by atoms with Gasteiger partial charge in [-0.1, -0.05) is 19.9 Å². The first-order chi connectivity index (χ1) is 8.10. The van der Waals surface area contributed by atoms with Crippen molar-refractivity contribution in [2.24, 2.45) is 5.73 Å². The molecule has 3 heteroatoms. The Balaban J connectivity index is 2.91. The van der Waals surface area contributed by atoms with Crippen LogP contribution in [-0.2, 0) is 6.42 Å². The molecule has 2 unspecified atom stereocenters. The summed E-state index contributed by atoms with van der Waals surface area (Å²) in [4.78, 5) is 6.75. The Hall–Kier alpha value is -1.09. The molecule has 0 aliphatic carbocycles. The predicted molar refractivity (Wildman–Crippen MR) is 74.4 cm³/mol. The van der Waals surface area contributed by atoms with Crippen molar-refractivity contribution in [3.05, 3.63) is 23.9 Å². The number of aromatic nitrogens is 1. The lowest BCUT2D eigenvalue weighted by atomic mass is 10.0. The zero-order valence-corrected chi connectivity index (χ0v) is 11.5. The molecule has 1 aromatic heterocycles. The molecular formula is C14H25N3. The van der Waals surface area contributed by atoms with E-state index in [-0.39, 0.29) is 6.04 Å². The number of anilines is 1. The average molecular weight is 235 g/mol. The van der Waals surface area contributed by atoms with Gasteiger partial charge in [-0.05, 0) is 37.8 Å². The second kappa shape index (κ2) is 6.60. The smallest absolute Gasteiger partial charge is 0.131 e. The van der Waals surface area contributed by atoms with E-state index in [4.69, 9.17) is 5.73 Å². The van der Waals surface area contributed by atoms with E-state index in [2.05, 4.69) is 43.8 Å². The predicted octanol–water partition coefficient (Wildman–Crippen LogP) is 2.60. The first-order valence-electron chi connectivity index (χ1n) is 6.52. The van der Waals surface area contributed by atoms with Crippen molar-refractivity contribution < 1.29 is 0 Å². The molecule has 3 nitrogen and oxygen atoms in total. The SMILES string of the molecule is CCC(N)Cc1cccnc1N(C)C(C)CC. The van der Waals surface area contributed by atoms with Gasteiger partial charge in [-0.2, -0.15) is 0 Å². The monoisotopic (exact) mass is 235 g/mol. The van der Waals surface area contributed by atoms with E-state index in [0.717, 1.165) is 25.1 Å². The third-order valence-corrected chi connectivity index (χ3v) is 3.46. The zero-order chi connectivity index (χ0) is 12.8. The van der Waals surface area contributed by atoms with Crippen LogP contribution in [0.4, 0.5) is 5.82 Å². The topological polar surface area (TPSA) is 42.1 Å². The maximum absolute atomic E-state index is 6.04. The van der Waals surface area contributed by atoms with E-state index in [1.54, 1.807) is 0 Å². The summed E-state index contributed by atoms with van der Waals surface area (Å²) in [6.45, 7) is 6.54. The summed E-state index contributed by atoms with van der Waals surface area (Å²) in [5.74, 6) is 1.07. The van der Waals surface area contributed by atoms with Gasteiger partial charge in [0.15, 0.2) is 0 Å². The van der Waals surface area contributed by atoms with Crippen LogP contribution in [0, 0.1) is 0 Å². The number of nitrogens with zero attached hydrogens (tertiary/aromatic N) is 2. The minimum absolute atomic E-state index is 0.225.